The zero-order chi connectivity index (χ0) is 23.4. The summed E-state index contributed by atoms with van der Waals surface area (Å²) in [7, 11) is -3.44. The van der Waals surface area contributed by atoms with Crippen LogP contribution in [0.5, 0.6) is 5.88 Å². The van der Waals surface area contributed by atoms with Gasteiger partial charge in [-0.25, -0.2) is 23.4 Å². The number of aromatic nitrogens is 4. The van der Waals surface area contributed by atoms with Gasteiger partial charge in [-0.1, -0.05) is 0 Å². The average Bonchev–Trinajstić information content (AvgIpc) is 3.23. The molecule has 0 fully saturated rings. The van der Waals surface area contributed by atoms with Gasteiger partial charge < -0.3 is 10.1 Å². The third kappa shape index (κ3) is 5.56. The fourth-order valence-corrected chi connectivity index (χ4v) is 4.28. The van der Waals surface area contributed by atoms with Gasteiger partial charge >= 0.3 is 0 Å². The second-order valence-corrected chi connectivity index (χ2v) is 10.1. The number of carbonyl (C=O) groups excluding carboxylic acids is 1. The minimum Gasteiger partial charge on any atom is -0.477 e. The molecule has 0 bridgehead atoms. The maximum atomic E-state index is 12.9. The van der Waals surface area contributed by atoms with E-state index >= 15 is 0 Å². The molecule has 0 aliphatic heterocycles. The molecule has 0 saturated heterocycles. The lowest BCUT2D eigenvalue weighted by Gasteiger charge is -2.21. The number of sulfonamides is 1. The monoisotopic (exact) mass is 476 g/mol. The zero-order valence-electron chi connectivity index (χ0n) is 18.1. The number of nitrogens with one attached hydrogen (secondary N) is 2. The number of thiazole rings is 1. The summed E-state index contributed by atoms with van der Waals surface area (Å²) in [5.74, 6) is 0.400. The van der Waals surface area contributed by atoms with Crippen molar-refractivity contribution in [1.82, 2.24) is 19.9 Å². The molecule has 0 spiro atoms. The summed E-state index contributed by atoms with van der Waals surface area (Å²) in [6.07, 6.45) is 4.73. The van der Waals surface area contributed by atoms with Gasteiger partial charge in [0.25, 0.3) is 0 Å². The van der Waals surface area contributed by atoms with Crippen molar-refractivity contribution in [2.24, 2.45) is 0 Å². The van der Waals surface area contributed by atoms with E-state index < -0.39 is 15.4 Å². The van der Waals surface area contributed by atoms with E-state index in [0.717, 1.165) is 16.9 Å². The molecule has 0 unspecified atom stereocenters. The summed E-state index contributed by atoms with van der Waals surface area (Å²) < 4.78 is 31.2. The van der Waals surface area contributed by atoms with Crippen LogP contribution in [0.4, 0.5) is 10.9 Å². The Labute approximate surface area is 190 Å². The summed E-state index contributed by atoms with van der Waals surface area (Å²) in [5, 5.41) is 4.66. The number of rotatable bonds is 9. The topological polar surface area (TPSA) is 136 Å². The molecule has 3 rings (SSSR count). The van der Waals surface area contributed by atoms with Gasteiger partial charge in [-0.3, -0.25) is 14.5 Å². The molecule has 3 heterocycles. The molecule has 0 aromatic carbocycles. The number of carbonyl (C=O) groups is 1. The number of nitrogens with zero attached hydrogens (tertiary/aromatic N) is 4. The van der Waals surface area contributed by atoms with Gasteiger partial charge in [0.2, 0.25) is 21.8 Å². The summed E-state index contributed by atoms with van der Waals surface area (Å²) in [6, 6.07) is 3.44. The second-order valence-electron chi connectivity index (χ2n) is 7.23. The average molecular weight is 477 g/mol. The molecule has 170 valence electrons. The Hall–Kier alpha value is -3.12. The lowest BCUT2D eigenvalue weighted by molar-refractivity contribution is -0.120. The Balaban J connectivity index is 1.71. The molecule has 0 aliphatic carbocycles. The van der Waals surface area contributed by atoms with Gasteiger partial charge in [-0.05, 0) is 39.8 Å². The van der Waals surface area contributed by atoms with Crippen molar-refractivity contribution in [1.29, 1.82) is 0 Å². The molecule has 32 heavy (non-hydrogen) atoms. The minimum absolute atomic E-state index is 0.0606. The fourth-order valence-electron chi connectivity index (χ4n) is 2.53. The van der Waals surface area contributed by atoms with Gasteiger partial charge in [0.1, 0.15) is 5.82 Å². The van der Waals surface area contributed by atoms with Crippen LogP contribution in [-0.2, 0) is 20.2 Å². The standard InChI is InChI=1S/C20H24N6O4S2/c1-5-30-17-11-21-10-14(23-17)13-7-8-16(22-9-13)25-18(27)20(3,4)15-12-31-19(24-15)26-32(28,29)6-2/h7-12H,5-6H2,1-4H3,(H,24,26)(H,22,25,27). The first kappa shape index (κ1) is 23.5. The Bertz CT molecular complexity index is 1190. The van der Waals surface area contributed by atoms with E-state index in [1.807, 2.05) is 6.92 Å². The summed E-state index contributed by atoms with van der Waals surface area (Å²) in [5.41, 5.74) is 0.771. The summed E-state index contributed by atoms with van der Waals surface area (Å²) in [6.45, 7) is 7.30. The lowest BCUT2D eigenvalue weighted by Crippen LogP contribution is -2.35. The van der Waals surface area contributed by atoms with E-state index in [1.54, 1.807) is 43.8 Å². The highest BCUT2D eigenvalue weighted by Gasteiger charge is 2.33. The van der Waals surface area contributed by atoms with Gasteiger partial charge in [0, 0.05) is 17.1 Å². The van der Waals surface area contributed by atoms with Gasteiger partial charge in [-0.15, -0.1) is 11.3 Å². The van der Waals surface area contributed by atoms with E-state index in [4.69, 9.17) is 4.74 Å². The largest absolute Gasteiger partial charge is 0.477 e. The van der Waals surface area contributed by atoms with Gasteiger partial charge in [0.05, 0.1) is 41.6 Å². The number of ether oxygens (including phenoxy) is 1. The molecule has 1 amide bonds. The normalized spacial score (nSPS) is 11.8. The highest BCUT2D eigenvalue weighted by atomic mass is 32.2. The first-order valence-corrected chi connectivity index (χ1v) is 12.4. The smallest absolute Gasteiger partial charge is 0.237 e. The molecular weight excluding hydrogens is 452 g/mol. The van der Waals surface area contributed by atoms with Crippen LogP contribution in [0.3, 0.4) is 0 Å². The Kier molecular flexibility index (Phi) is 7.04. The maximum absolute atomic E-state index is 12.9. The van der Waals surface area contributed by atoms with Crippen LogP contribution in [0.25, 0.3) is 11.3 Å². The number of hydrogen-bond acceptors (Lipinski definition) is 9. The highest BCUT2D eigenvalue weighted by Crippen LogP contribution is 2.29. The number of hydrogen-bond donors (Lipinski definition) is 2. The van der Waals surface area contributed by atoms with Crippen LogP contribution >= 0.6 is 11.3 Å². The van der Waals surface area contributed by atoms with Gasteiger partial charge in [-0.2, -0.15) is 0 Å². The molecule has 2 N–H and O–H groups in total. The molecule has 3 aromatic heterocycles. The van der Waals surface area contributed by atoms with E-state index in [0.29, 0.717) is 29.7 Å². The highest BCUT2D eigenvalue weighted by molar-refractivity contribution is 7.92. The van der Waals surface area contributed by atoms with E-state index in [1.165, 1.54) is 13.1 Å². The number of pyridine rings is 1. The third-order valence-electron chi connectivity index (χ3n) is 4.54. The molecule has 0 radical (unpaired) electrons. The van der Waals surface area contributed by atoms with E-state index in [-0.39, 0.29) is 16.8 Å². The molecule has 0 saturated carbocycles. The molecule has 12 heteroatoms. The molecule has 0 atom stereocenters. The second kappa shape index (κ2) is 9.57. The third-order valence-corrected chi connectivity index (χ3v) is 6.69. The predicted molar refractivity (Wildman–Crippen MR) is 123 cm³/mol. The zero-order valence-corrected chi connectivity index (χ0v) is 19.7. The van der Waals surface area contributed by atoms with Crippen LogP contribution in [-0.4, -0.2) is 46.6 Å². The van der Waals surface area contributed by atoms with Gasteiger partial charge in [0.15, 0.2) is 5.13 Å². The molecule has 3 aromatic rings. The first-order valence-electron chi connectivity index (χ1n) is 9.84. The first-order chi connectivity index (χ1) is 15.1. The Morgan fingerprint density at radius 3 is 2.59 bits per heavy atom. The van der Waals surface area contributed by atoms with E-state index in [9.17, 15) is 13.2 Å². The quantitative estimate of drug-likeness (QED) is 0.481. The minimum atomic E-state index is -3.44. The van der Waals surface area contributed by atoms with Crippen LogP contribution in [0, 0.1) is 0 Å². The predicted octanol–water partition coefficient (Wildman–Crippen LogP) is 3.07. The Morgan fingerprint density at radius 1 is 1.16 bits per heavy atom. The van der Waals surface area contributed by atoms with Crippen molar-refractivity contribution in [2.75, 3.05) is 22.4 Å². The lowest BCUT2D eigenvalue weighted by atomic mass is 9.89. The summed E-state index contributed by atoms with van der Waals surface area (Å²) in [4.78, 5) is 29.9. The number of anilines is 2. The molecule has 0 aliphatic rings. The molecular formula is C20H24N6O4S2. The number of amides is 1. The van der Waals surface area contributed by atoms with Crippen molar-refractivity contribution < 1.29 is 17.9 Å². The van der Waals surface area contributed by atoms with Crippen LogP contribution < -0.4 is 14.8 Å². The van der Waals surface area contributed by atoms with Crippen molar-refractivity contribution in [3.05, 3.63) is 41.8 Å². The SMILES string of the molecule is CCOc1cncc(-c2ccc(NC(=O)C(C)(C)c3csc(NS(=O)(=O)CC)n3)nc2)n1. The molecule has 10 nitrogen and oxygen atoms in total. The van der Waals surface area contributed by atoms with Crippen molar-refractivity contribution >= 4 is 38.2 Å². The van der Waals surface area contributed by atoms with Crippen molar-refractivity contribution in [3.8, 4) is 17.1 Å². The van der Waals surface area contributed by atoms with Crippen LogP contribution in [0.15, 0.2) is 36.1 Å². The summed E-state index contributed by atoms with van der Waals surface area (Å²) >= 11 is 1.13. The van der Waals surface area contributed by atoms with Crippen molar-refractivity contribution in [2.45, 2.75) is 33.1 Å². The Morgan fingerprint density at radius 2 is 1.94 bits per heavy atom. The van der Waals surface area contributed by atoms with Crippen LogP contribution in [0.1, 0.15) is 33.4 Å². The van der Waals surface area contributed by atoms with Crippen LogP contribution in [0.2, 0.25) is 0 Å². The maximum Gasteiger partial charge on any atom is 0.237 e. The van der Waals surface area contributed by atoms with E-state index in [2.05, 4.69) is 30.0 Å². The fraction of sp³-hybridized carbons (Fsp3) is 0.350. The van der Waals surface area contributed by atoms with Crippen molar-refractivity contribution in [3.63, 3.8) is 0 Å².